The maximum atomic E-state index is 12.3. The quantitative estimate of drug-likeness (QED) is 0.757. The van der Waals surface area contributed by atoms with Gasteiger partial charge in [0.05, 0.1) is 10.7 Å². The van der Waals surface area contributed by atoms with Gasteiger partial charge in [-0.05, 0) is 42.1 Å². The van der Waals surface area contributed by atoms with Gasteiger partial charge in [-0.3, -0.25) is 9.59 Å². The minimum atomic E-state index is -0.409. The number of amides is 1. The Hall–Kier alpha value is -2.59. The van der Waals surface area contributed by atoms with Crippen LogP contribution in [-0.4, -0.2) is 10.9 Å². The largest absolute Gasteiger partial charge is 0.319 e. The van der Waals surface area contributed by atoms with Gasteiger partial charge in [-0.2, -0.15) is 0 Å². The van der Waals surface area contributed by atoms with Crippen molar-refractivity contribution < 1.29 is 4.79 Å². The topological polar surface area (TPSA) is 62.0 Å². The Morgan fingerprint density at radius 2 is 1.91 bits per heavy atom. The molecule has 4 nitrogen and oxygen atoms in total. The molecule has 2 aromatic carbocycles. The van der Waals surface area contributed by atoms with Gasteiger partial charge >= 0.3 is 0 Å². The summed E-state index contributed by atoms with van der Waals surface area (Å²) < 4.78 is 0. The van der Waals surface area contributed by atoms with E-state index in [4.69, 9.17) is 11.6 Å². The summed E-state index contributed by atoms with van der Waals surface area (Å²) >= 11 is 6.10. The van der Waals surface area contributed by atoms with Crippen LogP contribution < -0.4 is 10.9 Å². The molecule has 0 bridgehead atoms. The van der Waals surface area contributed by atoms with E-state index in [1.807, 2.05) is 19.1 Å². The lowest BCUT2D eigenvalue weighted by molar-refractivity contribution is 0.102. The molecule has 0 unspecified atom stereocenters. The Morgan fingerprint density at radius 3 is 2.68 bits per heavy atom. The van der Waals surface area contributed by atoms with Crippen molar-refractivity contribution in [2.24, 2.45) is 0 Å². The van der Waals surface area contributed by atoms with E-state index in [0.29, 0.717) is 21.5 Å². The molecule has 0 saturated carbocycles. The van der Waals surface area contributed by atoms with Crippen molar-refractivity contribution >= 4 is 34.0 Å². The molecule has 0 atom stereocenters. The van der Waals surface area contributed by atoms with Crippen LogP contribution in [0.1, 0.15) is 16.1 Å². The molecule has 0 aliphatic carbocycles. The Bertz CT molecular complexity index is 931. The summed E-state index contributed by atoms with van der Waals surface area (Å²) in [6.07, 6.45) is 0. The molecule has 0 fully saturated rings. The highest BCUT2D eigenvalue weighted by atomic mass is 35.5. The first-order valence-corrected chi connectivity index (χ1v) is 7.12. The monoisotopic (exact) mass is 312 g/mol. The molecule has 1 aromatic heterocycles. The molecule has 0 aliphatic heterocycles. The summed E-state index contributed by atoms with van der Waals surface area (Å²) in [5.74, 6) is -0.409. The first-order valence-electron chi connectivity index (χ1n) is 6.74. The summed E-state index contributed by atoms with van der Waals surface area (Å²) in [5, 5.41) is 4.42. The van der Waals surface area contributed by atoms with Gasteiger partial charge in [0.2, 0.25) is 0 Å². The number of carbonyl (C=O) groups is 1. The highest BCUT2D eigenvalue weighted by molar-refractivity contribution is 6.34. The SMILES string of the molecule is Cc1ccc(NC(=O)c2cc3ccccc3c(=O)[nH]2)c(Cl)c1. The van der Waals surface area contributed by atoms with Crippen molar-refractivity contribution in [2.45, 2.75) is 6.92 Å². The van der Waals surface area contributed by atoms with Crippen LogP contribution in [0.25, 0.3) is 10.8 Å². The number of H-pyrrole nitrogens is 1. The number of anilines is 1. The van der Waals surface area contributed by atoms with Crippen LogP contribution in [0.5, 0.6) is 0 Å². The standard InChI is InChI=1S/C17H13ClN2O2/c1-10-6-7-14(13(18)8-10)19-17(22)15-9-11-4-2-3-5-12(11)16(21)20-15/h2-9H,1H3,(H,19,22)(H,20,21). The van der Waals surface area contributed by atoms with E-state index in [2.05, 4.69) is 10.3 Å². The van der Waals surface area contributed by atoms with E-state index in [-0.39, 0.29) is 11.3 Å². The van der Waals surface area contributed by atoms with Crippen molar-refractivity contribution in [1.82, 2.24) is 4.98 Å². The number of halogens is 1. The maximum Gasteiger partial charge on any atom is 0.272 e. The van der Waals surface area contributed by atoms with Crippen molar-refractivity contribution in [1.29, 1.82) is 0 Å². The van der Waals surface area contributed by atoms with Gasteiger partial charge in [0.25, 0.3) is 11.5 Å². The van der Waals surface area contributed by atoms with Gasteiger partial charge in [-0.1, -0.05) is 35.9 Å². The van der Waals surface area contributed by atoms with Crippen LogP contribution in [0.4, 0.5) is 5.69 Å². The molecule has 1 heterocycles. The van der Waals surface area contributed by atoms with E-state index >= 15 is 0 Å². The summed E-state index contributed by atoms with van der Waals surface area (Å²) in [4.78, 5) is 26.9. The molecular weight excluding hydrogens is 300 g/mol. The number of carbonyl (C=O) groups excluding carboxylic acids is 1. The molecule has 22 heavy (non-hydrogen) atoms. The van der Waals surface area contributed by atoms with E-state index in [1.165, 1.54) is 0 Å². The van der Waals surface area contributed by atoms with Crippen molar-refractivity contribution in [3.63, 3.8) is 0 Å². The summed E-state index contributed by atoms with van der Waals surface area (Å²) in [7, 11) is 0. The lowest BCUT2D eigenvalue weighted by Crippen LogP contribution is -2.19. The lowest BCUT2D eigenvalue weighted by atomic mass is 10.1. The molecule has 1 amide bonds. The summed E-state index contributed by atoms with van der Waals surface area (Å²) in [5.41, 5.74) is 1.41. The van der Waals surface area contributed by atoms with Gasteiger partial charge in [0, 0.05) is 5.39 Å². The molecule has 110 valence electrons. The molecule has 0 aliphatic rings. The van der Waals surface area contributed by atoms with E-state index in [0.717, 1.165) is 5.56 Å². The number of benzene rings is 2. The predicted octanol–water partition coefficient (Wildman–Crippen LogP) is 3.74. The number of aromatic nitrogens is 1. The average molecular weight is 313 g/mol. The Labute approximate surface area is 131 Å². The number of aromatic amines is 1. The molecule has 3 rings (SSSR count). The zero-order valence-electron chi connectivity index (χ0n) is 11.8. The van der Waals surface area contributed by atoms with Gasteiger partial charge < -0.3 is 10.3 Å². The van der Waals surface area contributed by atoms with Crippen LogP contribution in [0, 0.1) is 6.92 Å². The Morgan fingerprint density at radius 1 is 1.14 bits per heavy atom. The van der Waals surface area contributed by atoms with Gasteiger partial charge in [0.1, 0.15) is 5.69 Å². The summed E-state index contributed by atoms with van der Waals surface area (Å²) in [6.45, 7) is 1.91. The number of nitrogens with one attached hydrogen (secondary N) is 2. The molecule has 5 heteroatoms. The molecular formula is C17H13ClN2O2. The van der Waals surface area contributed by atoms with Gasteiger partial charge in [-0.15, -0.1) is 0 Å². The van der Waals surface area contributed by atoms with E-state index in [9.17, 15) is 9.59 Å². The number of aryl methyl sites for hydroxylation is 1. The smallest absolute Gasteiger partial charge is 0.272 e. The third-order valence-electron chi connectivity index (χ3n) is 3.37. The number of fused-ring (bicyclic) bond motifs is 1. The number of pyridine rings is 1. The third-order valence-corrected chi connectivity index (χ3v) is 3.68. The first kappa shape index (κ1) is 14.4. The lowest BCUT2D eigenvalue weighted by Gasteiger charge is -2.08. The van der Waals surface area contributed by atoms with Gasteiger partial charge in [0.15, 0.2) is 0 Å². The zero-order valence-corrected chi connectivity index (χ0v) is 12.6. The third kappa shape index (κ3) is 2.73. The minimum Gasteiger partial charge on any atom is -0.319 e. The Balaban J connectivity index is 1.97. The van der Waals surface area contributed by atoms with Crippen LogP contribution in [0.15, 0.2) is 53.3 Å². The number of hydrogen-bond acceptors (Lipinski definition) is 2. The molecule has 3 aromatic rings. The second kappa shape index (κ2) is 5.66. The minimum absolute atomic E-state index is 0.195. The zero-order chi connectivity index (χ0) is 15.7. The number of rotatable bonds is 2. The molecule has 0 saturated heterocycles. The molecule has 0 spiro atoms. The van der Waals surface area contributed by atoms with Crippen LogP contribution in [0.3, 0.4) is 0 Å². The first-order chi connectivity index (χ1) is 10.5. The van der Waals surface area contributed by atoms with Crippen molar-refractivity contribution in [3.05, 3.63) is 75.2 Å². The average Bonchev–Trinajstić information content (AvgIpc) is 2.50. The molecule has 0 radical (unpaired) electrons. The van der Waals surface area contributed by atoms with Gasteiger partial charge in [-0.25, -0.2) is 0 Å². The maximum absolute atomic E-state index is 12.3. The van der Waals surface area contributed by atoms with E-state index < -0.39 is 5.91 Å². The second-order valence-electron chi connectivity index (χ2n) is 5.04. The fourth-order valence-electron chi connectivity index (χ4n) is 2.24. The highest BCUT2D eigenvalue weighted by Crippen LogP contribution is 2.23. The van der Waals surface area contributed by atoms with Crippen LogP contribution in [0.2, 0.25) is 5.02 Å². The van der Waals surface area contributed by atoms with Crippen molar-refractivity contribution in [2.75, 3.05) is 5.32 Å². The fourth-order valence-corrected chi connectivity index (χ4v) is 2.53. The fraction of sp³-hybridized carbons (Fsp3) is 0.0588. The second-order valence-corrected chi connectivity index (χ2v) is 5.44. The van der Waals surface area contributed by atoms with E-state index in [1.54, 1.807) is 36.4 Å². The number of hydrogen-bond donors (Lipinski definition) is 2. The van der Waals surface area contributed by atoms with Crippen LogP contribution in [-0.2, 0) is 0 Å². The normalized spacial score (nSPS) is 10.6. The highest BCUT2D eigenvalue weighted by Gasteiger charge is 2.11. The predicted molar refractivity (Wildman–Crippen MR) is 88.7 cm³/mol. The summed E-state index contributed by atoms with van der Waals surface area (Å²) in [6, 6.07) is 14.1. The van der Waals surface area contributed by atoms with Crippen LogP contribution >= 0.6 is 11.6 Å². The molecule has 2 N–H and O–H groups in total. The Kier molecular flexibility index (Phi) is 3.69. The van der Waals surface area contributed by atoms with Crippen molar-refractivity contribution in [3.8, 4) is 0 Å².